The SMILES string of the molecule is CCCCCCCCCCOCCC(C)CC(C)(C)C. The van der Waals surface area contributed by atoms with Gasteiger partial charge < -0.3 is 4.74 Å². The van der Waals surface area contributed by atoms with Crippen LogP contribution in [-0.4, -0.2) is 13.2 Å². The fourth-order valence-corrected chi connectivity index (χ4v) is 2.87. The zero-order valence-electron chi connectivity index (χ0n) is 15.0. The molecule has 122 valence electrons. The molecular formula is C19H40O. The van der Waals surface area contributed by atoms with Gasteiger partial charge in [-0.05, 0) is 30.6 Å². The molecule has 0 aliphatic carbocycles. The normalized spacial score (nSPS) is 13.7. The van der Waals surface area contributed by atoms with E-state index in [9.17, 15) is 0 Å². The number of hydrogen-bond donors (Lipinski definition) is 0. The van der Waals surface area contributed by atoms with Crippen LogP contribution in [0, 0.1) is 11.3 Å². The standard InChI is InChI=1S/C19H40O/c1-6-7-8-9-10-11-12-13-15-20-16-14-18(2)17-19(3,4)5/h18H,6-17H2,1-5H3. The predicted octanol–water partition coefficient (Wildman–Crippen LogP) is 6.61. The van der Waals surface area contributed by atoms with E-state index >= 15 is 0 Å². The van der Waals surface area contributed by atoms with Gasteiger partial charge in [0.05, 0.1) is 0 Å². The molecule has 0 radical (unpaired) electrons. The average Bonchev–Trinajstić information content (AvgIpc) is 2.34. The van der Waals surface area contributed by atoms with Crippen LogP contribution in [0.3, 0.4) is 0 Å². The van der Waals surface area contributed by atoms with Crippen molar-refractivity contribution in [2.45, 2.75) is 98.8 Å². The molecule has 0 amide bonds. The van der Waals surface area contributed by atoms with E-state index < -0.39 is 0 Å². The fourth-order valence-electron chi connectivity index (χ4n) is 2.87. The Kier molecular flexibility index (Phi) is 12.7. The van der Waals surface area contributed by atoms with Crippen LogP contribution in [0.2, 0.25) is 0 Å². The maximum absolute atomic E-state index is 5.76. The molecule has 0 aromatic rings. The Morgan fingerprint density at radius 2 is 1.35 bits per heavy atom. The first-order valence-corrected chi connectivity index (χ1v) is 9.03. The Morgan fingerprint density at radius 3 is 1.90 bits per heavy atom. The number of rotatable bonds is 13. The lowest BCUT2D eigenvalue weighted by Crippen LogP contribution is -2.12. The number of unbranched alkanes of at least 4 members (excludes halogenated alkanes) is 7. The largest absolute Gasteiger partial charge is 0.381 e. The highest BCUT2D eigenvalue weighted by Gasteiger charge is 2.14. The first kappa shape index (κ1) is 20.0. The van der Waals surface area contributed by atoms with E-state index in [1.165, 1.54) is 64.2 Å². The molecule has 0 fully saturated rings. The van der Waals surface area contributed by atoms with Crippen LogP contribution in [-0.2, 0) is 4.74 Å². The van der Waals surface area contributed by atoms with Crippen molar-refractivity contribution in [2.24, 2.45) is 11.3 Å². The molecule has 0 bridgehead atoms. The van der Waals surface area contributed by atoms with Gasteiger partial charge in [0.2, 0.25) is 0 Å². The highest BCUT2D eigenvalue weighted by Crippen LogP contribution is 2.25. The molecule has 0 aromatic heterocycles. The van der Waals surface area contributed by atoms with Crippen molar-refractivity contribution in [3.05, 3.63) is 0 Å². The van der Waals surface area contributed by atoms with Crippen molar-refractivity contribution in [3.63, 3.8) is 0 Å². The van der Waals surface area contributed by atoms with Crippen molar-refractivity contribution in [3.8, 4) is 0 Å². The van der Waals surface area contributed by atoms with Crippen molar-refractivity contribution in [1.82, 2.24) is 0 Å². The quantitative estimate of drug-likeness (QED) is 0.346. The van der Waals surface area contributed by atoms with Crippen molar-refractivity contribution in [2.75, 3.05) is 13.2 Å². The van der Waals surface area contributed by atoms with Crippen molar-refractivity contribution < 1.29 is 4.74 Å². The van der Waals surface area contributed by atoms with Gasteiger partial charge >= 0.3 is 0 Å². The highest BCUT2D eigenvalue weighted by atomic mass is 16.5. The summed E-state index contributed by atoms with van der Waals surface area (Å²) in [6.07, 6.45) is 13.6. The van der Waals surface area contributed by atoms with Gasteiger partial charge in [-0.1, -0.05) is 79.6 Å². The van der Waals surface area contributed by atoms with Crippen molar-refractivity contribution >= 4 is 0 Å². The van der Waals surface area contributed by atoms with Gasteiger partial charge in [-0.25, -0.2) is 0 Å². The minimum absolute atomic E-state index is 0.456. The van der Waals surface area contributed by atoms with E-state index in [4.69, 9.17) is 4.74 Å². The first-order valence-electron chi connectivity index (χ1n) is 9.03. The maximum Gasteiger partial charge on any atom is 0.0468 e. The molecule has 0 aromatic carbocycles. The molecule has 0 spiro atoms. The molecule has 0 N–H and O–H groups in total. The smallest absolute Gasteiger partial charge is 0.0468 e. The van der Waals surface area contributed by atoms with Gasteiger partial charge in [0.25, 0.3) is 0 Å². The molecule has 1 nitrogen and oxygen atoms in total. The summed E-state index contributed by atoms with van der Waals surface area (Å²) in [6.45, 7) is 13.5. The van der Waals surface area contributed by atoms with Crippen LogP contribution in [0.4, 0.5) is 0 Å². The Morgan fingerprint density at radius 1 is 0.800 bits per heavy atom. The van der Waals surface area contributed by atoms with Gasteiger partial charge in [0.15, 0.2) is 0 Å². The van der Waals surface area contributed by atoms with Crippen LogP contribution in [0.5, 0.6) is 0 Å². The van der Waals surface area contributed by atoms with E-state index in [2.05, 4.69) is 34.6 Å². The number of hydrogen-bond acceptors (Lipinski definition) is 1. The van der Waals surface area contributed by atoms with E-state index in [-0.39, 0.29) is 0 Å². The molecule has 0 heterocycles. The molecule has 1 heteroatoms. The molecule has 20 heavy (non-hydrogen) atoms. The Bertz CT molecular complexity index is 192. The van der Waals surface area contributed by atoms with E-state index in [0.29, 0.717) is 5.41 Å². The summed E-state index contributed by atoms with van der Waals surface area (Å²) in [5.74, 6) is 0.786. The van der Waals surface area contributed by atoms with Gasteiger partial charge in [-0.3, -0.25) is 0 Å². The van der Waals surface area contributed by atoms with E-state index in [1.54, 1.807) is 0 Å². The van der Waals surface area contributed by atoms with Gasteiger partial charge in [0.1, 0.15) is 0 Å². The monoisotopic (exact) mass is 284 g/mol. The van der Waals surface area contributed by atoms with E-state index in [1.807, 2.05) is 0 Å². The summed E-state index contributed by atoms with van der Waals surface area (Å²) in [4.78, 5) is 0. The highest BCUT2D eigenvalue weighted by molar-refractivity contribution is 4.66. The summed E-state index contributed by atoms with van der Waals surface area (Å²) >= 11 is 0. The molecule has 0 aliphatic rings. The van der Waals surface area contributed by atoms with Gasteiger partial charge in [-0.2, -0.15) is 0 Å². The lowest BCUT2D eigenvalue weighted by Gasteiger charge is -2.23. The zero-order valence-corrected chi connectivity index (χ0v) is 15.0. The predicted molar refractivity (Wildman–Crippen MR) is 91.3 cm³/mol. The summed E-state index contributed by atoms with van der Waals surface area (Å²) in [5.41, 5.74) is 0.456. The average molecular weight is 285 g/mol. The third-order valence-electron chi connectivity index (χ3n) is 3.86. The summed E-state index contributed by atoms with van der Waals surface area (Å²) in [6, 6.07) is 0. The molecule has 1 atom stereocenters. The second-order valence-electron chi connectivity index (χ2n) is 7.75. The second-order valence-corrected chi connectivity index (χ2v) is 7.75. The molecular weight excluding hydrogens is 244 g/mol. The second kappa shape index (κ2) is 12.7. The summed E-state index contributed by atoms with van der Waals surface area (Å²) in [5, 5.41) is 0. The van der Waals surface area contributed by atoms with Crippen LogP contribution in [0.25, 0.3) is 0 Å². The molecule has 0 saturated carbocycles. The third kappa shape index (κ3) is 16.0. The lowest BCUT2D eigenvalue weighted by atomic mass is 9.84. The minimum atomic E-state index is 0.456. The lowest BCUT2D eigenvalue weighted by molar-refractivity contribution is 0.112. The minimum Gasteiger partial charge on any atom is -0.381 e. The van der Waals surface area contributed by atoms with Crippen LogP contribution in [0.15, 0.2) is 0 Å². The topological polar surface area (TPSA) is 9.23 Å². The molecule has 1 unspecified atom stereocenters. The van der Waals surface area contributed by atoms with Gasteiger partial charge in [-0.15, -0.1) is 0 Å². The summed E-state index contributed by atoms with van der Waals surface area (Å²) < 4.78 is 5.76. The van der Waals surface area contributed by atoms with Crippen LogP contribution < -0.4 is 0 Å². The Balaban J connectivity index is 3.17. The van der Waals surface area contributed by atoms with Crippen LogP contribution in [0.1, 0.15) is 98.8 Å². The molecule has 0 aliphatic heterocycles. The number of ether oxygens (including phenoxy) is 1. The maximum atomic E-state index is 5.76. The zero-order chi connectivity index (χ0) is 15.3. The van der Waals surface area contributed by atoms with Crippen LogP contribution >= 0.6 is 0 Å². The first-order chi connectivity index (χ1) is 9.45. The fraction of sp³-hybridized carbons (Fsp3) is 1.00. The van der Waals surface area contributed by atoms with Gasteiger partial charge in [0, 0.05) is 13.2 Å². The Labute approximate surface area is 128 Å². The van der Waals surface area contributed by atoms with E-state index in [0.717, 1.165) is 19.1 Å². The molecule has 0 saturated heterocycles. The summed E-state index contributed by atoms with van der Waals surface area (Å²) in [7, 11) is 0. The molecule has 0 rings (SSSR count). The van der Waals surface area contributed by atoms with Crippen molar-refractivity contribution in [1.29, 1.82) is 0 Å². The Hall–Kier alpha value is -0.0400. The third-order valence-corrected chi connectivity index (χ3v) is 3.86.